The summed E-state index contributed by atoms with van der Waals surface area (Å²) in [6.45, 7) is 3.60. The van der Waals surface area contributed by atoms with E-state index in [4.69, 9.17) is 0 Å². The van der Waals surface area contributed by atoms with Crippen molar-refractivity contribution in [1.29, 1.82) is 0 Å². The van der Waals surface area contributed by atoms with Crippen LogP contribution in [0.4, 0.5) is 0 Å². The Labute approximate surface area is 161 Å². The van der Waals surface area contributed by atoms with E-state index in [0.717, 1.165) is 5.92 Å². The second-order valence-electron chi connectivity index (χ2n) is 6.90. The Morgan fingerprint density at radius 3 is 2.16 bits per heavy atom. The first kappa shape index (κ1) is 17.0. The van der Waals surface area contributed by atoms with Crippen LogP contribution in [-0.4, -0.2) is 59.3 Å². The van der Waals surface area contributed by atoms with Gasteiger partial charge in [0, 0.05) is 0 Å². The van der Waals surface area contributed by atoms with Crippen molar-refractivity contribution in [1.82, 2.24) is 11.2 Å². The molecule has 2 aliphatic rings. The molecule has 0 saturated carbocycles. The van der Waals surface area contributed by atoms with Crippen LogP contribution in [0.15, 0.2) is 73.1 Å². The molecule has 4 rings (SSSR count). The number of rotatable bonds is 5. The summed E-state index contributed by atoms with van der Waals surface area (Å²) in [5, 5.41) is 0. The van der Waals surface area contributed by atoms with Crippen molar-refractivity contribution in [2.45, 2.75) is 12.5 Å². The molecule has 2 aromatic carbocycles. The van der Waals surface area contributed by atoms with Crippen LogP contribution >= 0.6 is 0 Å². The molecule has 2 aromatic rings. The standard InChI is InChI=1S/C21H25N3Te/c1-22-14-15-24(25-22)17-18-12-13-23(16-18)21(19-8-4-2-5-9-19)20-10-6-3-7-11-20/h2-11,14-15,18,21H,12-13,16-17H2,1H3. The van der Waals surface area contributed by atoms with Gasteiger partial charge in [-0.1, -0.05) is 0 Å². The van der Waals surface area contributed by atoms with Crippen LogP contribution in [0.1, 0.15) is 23.6 Å². The van der Waals surface area contributed by atoms with E-state index in [-0.39, 0.29) is 21.5 Å². The van der Waals surface area contributed by atoms with Gasteiger partial charge in [-0.25, -0.2) is 0 Å². The monoisotopic (exact) mass is 449 g/mol. The first-order chi connectivity index (χ1) is 12.3. The molecule has 0 N–H and O–H groups in total. The van der Waals surface area contributed by atoms with Crippen LogP contribution in [0.25, 0.3) is 0 Å². The number of likely N-dealkylation sites (tertiary alicyclic amines) is 1. The summed E-state index contributed by atoms with van der Waals surface area (Å²) >= 11 is -0.171. The molecular weight excluding hydrogens is 422 g/mol. The fraction of sp³-hybridized carbons (Fsp3) is 0.333. The predicted molar refractivity (Wildman–Crippen MR) is 104 cm³/mol. The van der Waals surface area contributed by atoms with Gasteiger partial charge in [-0.05, 0) is 0 Å². The van der Waals surface area contributed by atoms with Gasteiger partial charge in [-0.3, -0.25) is 0 Å². The third-order valence-electron chi connectivity index (χ3n) is 5.03. The van der Waals surface area contributed by atoms with Crippen molar-refractivity contribution in [2.24, 2.45) is 5.92 Å². The van der Waals surface area contributed by atoms with Crippen molar-refractivity contribution < 1.29 is 0 Å². The molecule has 1 unspecified atom stereocenters. The van der Waals surface area contributed by atoms with Crippen LogP contribution in [-0.2, 0) is 0 Å². The molecule has 0 amide bonds. The molecule has 2 aliphatic heterocycles. The van der Waals surface area contributed by atoms with E-state index in [9.17, 15) is 0 Å². The third kappa shape index (κ3) is 4.03. The van der Waals surface area contributed by atoms with Gasteiger partial charge < -0.3 is 0 Å². The van der Waals surface area contributed by atoms with E-state index in [2.05, 4.69) is 91.3 Å². The molecule has 25 heavy (non-hydrogen) atoms. The minimum atomic E-state index is -0.171. The molecule has 0 bridgehead atoms. The zero-order valence-corrected chi connectivity index (χ0v) is 17.0. The van der Waals surface area contributed by atoms with Crippen LogP contribution in [0, 0.1) is 5.92 Å². The SMILES string of the molecule is CN1C=CN(CC2CCN(C(c3ccccc3)c3ccccc3)C2)[Te]1. The quantitative estimate of drug-likeness (QED) is 0.652. The van der Waals surface area contributed by atoms with Crippen molar-refractivity contribution in [3.8, 4) is 0 Å². The molecule has 3 nitrogen and oxygen atoms in total. The Hall–Kier alpha value is -1.47. The molecular formula is C21H25N3Te. The third-order valence-corrected chi connectivity index (χ3v) is 7.48. The summed E-state index contributed by atoms with van der Waals surface area (Å²) in [5.41, 5.74) is 2.81. The van der Waals surface area contributed by atoms with Crippen LogP contribution in [0.2, 0.25) is 0 Å². The minimum absolute atomic E-state index is 0.171. The van der Waals surface area contributed by atoms with Gasteiger partial charge >= 0.3 is 162 Å². The Bertz CT molecular complexity index is 664. The fourth-order valence-electron chi connectivity index (χ4n) is 3.87. The Kier molecular flexibility index (Phi) is 5.31. The van der Waals surface area contributed by atoms with Crippen molar-refractivity contribution in [2.75, 3.05) is 26.7 Å². The van der Waals surface area contributed by atoms with E-state index >= 15 is 0 Å². The van der Waals surface area contributed by atoms with Gasteiger partial charge in [0.2, 0.25) is 0 Å². The molecule has 0 aliphatic carbocycles. The van der Waals surface area contributed by atoms with Gasteiger partial charge in [-0.15, -0.1) is 0 Å². The van der Waals surface area contributed by atoms with Crippen LogP contribution in [0.3, 0.4) is 0 Å². The van der Waals surface area contributed by atoms with Crippen LogP contribution < -0.4 is 0 Å². The Morgan fingerprint density at radius 2 is 1.60 bits per heavy atom. The number of nitrogens with zero attached hydrogens (tertiary/aromatic N) is 3. The van der Waals surface area contributed by atoms with Gasteiger partial charge in [0.25, 0.3) is 0 Å². The van der Waals surface area contributed by atoms with Gasteiger partial charge in [0.15, 0.2) is 0 Å². The molecule has 0 radical (unpaired) electrons. The predicted octanol–water partition coefficient (Wildman–Crippen LogP) is 3.35. The van der Waals surface area contributed by atoms with Gasteiger partial charge in [-0.2, -0.15) is 0 Å². The molecule has 0 aromatic heterocycles. The van der Waals surface area contributed by atoms with Crippen LogP contribution in [0.5, 0.6) is 0 Å². The zero-order chi connectivity index (χ0) is 17.1. The summed E-state index contributed by atoms with van der Waals surface area (Å²) in [7, 11) is 2.19. The van der Waals surface area contributed by atoms with Crippen molar-refractivity contribution in [3.05, 3.63) is 84.2 Å². The van der Waals surface area contributed by atoms with E-state index in [1.54, 1.807) is 0 Å². The first-order valence-corrected chi connectivity index (χ1v) is 11.1. The first-order valence-electron chi connectivity index (χ1n) is 8.99. The Morgan fingerprint density at radius 1 is 0.960 bits per heavy atom. The van der Waals surface area contributed by atoms with Gasteiger partial charge in [0.05, 0.1) is 0 Å². The average Bonchev–Trinajstić information content (AvgIpc) is 3.27. The normalized spacial score (nSPS) is 20.8. The second kappa shape index (κ2) is 7.83. The maximum absolute atomic E-state index is 2.68. The summed E-state index contributed by atoms with van der Waals surface area (Å²) < 4.78 is 4.94. The fourth-order valence-corrected chi connectivity index (χ4v) is 6.23. The van der Waals surface area contributed by atoms with Crippen molar-refractivity contribution in [3.63, 3.8) is 0 Å². The summed E-state index contributed by atoms with van der Waals surface area (Å²) in [6, 6.07) is 22.3. The number of hydrogen-bond acceptors (Lipinski definition) is 3. The molecule has 1 saturated heterocycles. The van der Waals surface area contributed by atoms with E-state index in [0.29, 0.717) is 6.04 Å². The van der Waals surface area contributed by atoms with E-state index < -0.39 is 0 Å². The molecule has 4 heteroatoms. The topological polar surface area (TPSA) is 9.72 Å². The molecule has 2 heterocycles. The number of hydrogen-bond donors (Lipinski definition) is 0. The molecule has 1 fully saturated rings. The summed E-state index contributed by atoms with van der Waals surface area (Å²) in [5.74, 6) is 0.774. The van der Waals surface area contributed by atoms with E-state index in [1.807, 2.05) is 0 Å². The van der Waals surface area contributed by atoms with Gasteiger partial charge in [0.1, 0.15) is 0 Å². The van der Waals surface area contributed by atoms with Crippen molar-refractivity contribution >= 4 is 21.5 Å². The molecule has 0 spiro atoms. The van der Waals surface area contributed by atoms with E-state index in [1.165, 1.54) is 37.2 Å². The molecule has 1 atom stereocenters. The Balaban J connectivity index is 1.50. The average molecular weight is 447 g/mol. The zero-order valence-electron chi connectivity index (χ0n) is 14.7. The molecule has 130 valence electrons. The maximum atomic E-state index is 2.68. The summed E-state index contributed by atoms with van der Waals surface area (Å²) in [4.78, 5) is 2.68. The summed E-state index contributed by atoms with van der Waals surface area (Å²) in [6.07, 6.45) is 5.82. The number of benzene rings is 2. The second-order valence-corrected chi connectivity index (χ2v) is 10.3.